The Bertz CT molecular complexity index is 652. The maximum Gasteiger partial charge on any atom is 0.337 e. The van der Waals surface area contributed by atoms with Crippen LogP contribution in [0.25, 0.3) is 0 Å². The molecule has 0 aromatic heterocycles. The summed E-state index contributed by atoms with van der Waals surface area (Å²) in [4.78, 5) is 39.3. The zero-order chi connectivity index (χ0) is 16.4. The fourth-order valence-corrected chi connectivity index (χ4v) is 2.82. The molecule has 0 spiro atoms. The van der Waals surface area contributed by atoms with E-state index in [0.29, 0.717) is 17.0 Å². The maximum absolute atomic E-state index is 12.3. The lowest BCUT2D eigenvalue weighted by Gasteiger charge is -2.30. The molecule has 0 aliphatic carbocycles. The van der Waals surface area contributed by atoms with Gasteiger partial charge < -0.3 is 14.4 Å². The lowest BCUT2D eigenvalue weighted by Crippen LogP contribution is -2.45. The van der Waals surface area contributed by atoms with Crippen molar-refractivity contribution in [3.05, 3.63) is 23.8 Å². The summed E-state index contributed by atoms with van der Waals surface area (Å²) >= 11 is 0. The Labute approximate surface area is 133 Å². The molecule has 2 aliphatic heterocycles. The van der Waals surface area contributed by atoms with E-state index in [2.05, 4.69) is 0 Å². The van der Waals surface area contributed by atoms with Crippen LogP contribution in [0, 0.1) is 0 Å². The second kappa shape index (κ2) is 6.28. The highest BCUT2D eigenvalue weighted by Crippen LogP contribution is 2.33. The summed E-state index contributed by atoms with van der Waals surface area (Å²) in [6.07, 6.45) is 1.98. The third-order valence-electron chi connectivity index (χ3n) is 4.08. The van der Waals surface area contributed by atoms with Crippen LogP contribution in [-0.2, 0) is 14.3 Å². The van der Waals surface area contributed by atoms with Crippen LogP contribution in [0.1, 0.15) is 23.2 Å². The second-order valence-corrected chi connectivity index (χ2v) is 5.53. The average molecular weight is 318 g/mol. The molecule has 3 rings (SSSR count). The molecular weight excluding hydrogens is 300 g/mol. The first-order valence-corrected chi connectivity index (χ1v) is 7.53. The molecule has 122 valence electrons. The smallest absolute Gasteiger partial charge is 0.337 e. The van der Waals surface area contributed by atoms with E-state index in [1.54, 1.807) is 17.0 Å². The molecular formula is C16H18N2O5. The fourth-order valence-electron chi connectivity index (χ4n) is 2.82. The van der Waals surface area contributed by atoms with Gasteiger partial charge in [-0.25, -0.2) is 4.79 Å². The number of amides is 2. The summed E-state index contributed by atoms with van der Waals surface area (Å²) in [7, 11) is 1.29. The lowest BCUT2D eigenvalue weighted by molar-refractivity contribution is -0.131. The molecule has 0 unspecified atom stereocenters. The van der Waals surface area contributed by atoms with E-state index in [1.807, 2.05) is 0 Å². The van der Waals surface area contributed by atoms with Crippen LogP contribution in [0.4, 0.5) is 5.69 Å². The van der Waals surface area contributed by atoms with Crippen molar-refractivity contribution in [2.45, 2.75) is 12.8 Å². The summed E-state index contributed by atoms with van der Waals surface area (Å²) in [5, 5.41) is 0. The maximum atomic E-state index is 12.3. The monoisotopic (exact) mass is 318 g/mol. The summed E-state index contributed by atoms with van der Waals surface area (Å²) in [5.41, 5.74) is 0.736. The number of hydrogen-bond donors (Lipinski definition) is 0. The summed E-state index contributed by atoms with van der Waals surface area (Å²) < 4.78 is 10.1. The number of carbonyl (C=O) groups is 3. The number of carbonyl (C=O) groups excluding carboxylic acids is 3. The minimum Gasteiger partial charge on any atom is -0.482 e. The molecule has 0 radical (unpaired) electrons. The summed E-state index contributed by atoms with van der Waals surface area (Å²) in [6, 6.07) is 4.71. The molecule has 2 heterocycles. The van der Waals surface area contributed by atoms with E-state index in [9.17, 15) is 14.4 Å². The van der Waals surface area contributed by atoms with Crippen LogP contribution in [0.15, 0.2) is 18.2 Å². The number of benzene rings is 1. The molecule has 23 heavy (non-hydrogen) atoms. The Hall–Kier alpha value is -2.57. The van der Waals surface area contributed by atoms with Gasteiger partial charge in [0.1, 0.15) is 12.3 Å². The van der Waals surface area contributed by atoms with Crippen LogP contribution in [0.3, 0.4) is 0 Å². The van der Waals surface area contributed by atoms with Gasteiger partial charge in [-0.05, 0) is 31.0 Å². The molecule has 7 nitrogen and oxygen atoms in total. The van der Waals surface area contributed by atoms with Gasteiger partial charge in [0.15, 0.2) is 6.61 Å². The van der Waals surface area contributed by atoms with E-state index in [4.69, 9.17) is 9.47 Å². The molecule has 1 fully saturated rings. The zero-order valence-electron chi connectivity index (χ0n) is 12.9. The Morgan fingerprint density at radius 1 is 1.26 bits per heavy atom. The van der Waals surface area contributed by atoms with Crippen molar-refractivity contribution in [3.8, 4) is 5.75 Å². The van der Waals surface area contributed by atoms with E-state index in [1.165, 1.54) is 18.1 Å². The van der Waals surface area contributed by atoms with Crippen LogP contribution < -0.4 is 9.64 Å². The van der Waals surface area contributed by atoms with E-state index >= 15 is 0 Å². The first-order valence-electron chi connectivity index (χ1n) is 7.53. The number of nitrogens with zero attached hydrogens (tertiary/aromatic N) is 2. The average Bonchev–Trinajstić information content (AvgIpc) is 3.11. The quantitative estimate of drug-likeness (QED) is 0.771. The number of fused-ring (bicyclic) bond motifs is 1. The first-order chi connectivity index (χ1) is 11.1. The first kappa shape index (κ1) is 15.3. The van der Waals surface area contributed by atoms with Gasteiger partial charge >= 0.3 is 5.97 Å². The predicted molar refractivity (Wildman–Crippen MR) is 81.4 cm³/mol. The highest BCUT2D eigenvalue weighted by Gasteiger charge is 2.30. The van der Waals surface area contributed by atoms with Crippen LogP contribution >= 0.6 is 0 Å². The van der Waals surface area contributed by atoms with Gasteiger partial charge in [-0.1, -0.05) is 0 Å². The van der Waals surface area contributed by atoms with Crippen molar-refractivity contribution in [2.24, 2.45) is 0 Å². The molecule has 0 bridgehead atoms. The third kappa shape index (κ3) is 2.99. The van der Waals surface area contributed by atoms with Gasteiger partial charge in [0, 0.05) is 13.1 Å². The Morgan fingerprint density at radius 3 is 2.70 bits per heavy atom. The predicted octanol–water partition coefficient (Wildman–Crippen LogP) is 0.821. The van der Waals surface area contributed by atoms with Crippen LogP contribution in [0.5, 0.6) is 5.75 Å². The van der Waals surface area contributed by atoms with Crippen molar-refractivity contribution >= 4 is 23.5 Å². The fraction of sp³-hybridized carbons (Fsp3) is 0.438. The molecule has 0 atom stereocenters. The van der Waals surface area contributed by atoms with Gasteiger partial charge in [-0.3, -0.25) is 14.5 Å². The highest BCUT2D eigenvalue weighted by atomic mass is 16.5. The second-order valence-electron chi connectivity index (χ2n) is 5.53. The standard InChI is InChI=1S/C16H18N2O5/c1-22-16(21)11-4-5-13-12(8-11)18(15(20)10-23-13)9-14(19)17-6-2-3-7-17/h4-5,8H,2-3,6-7,9-10H2,1H3. The number of likely N-dealkylation sites (tertiary alicyclic amines) is 1. The molecule has 1 aromatic rings. The molecule has 7 heteroatoms. The SMILES string of the molecule is COC(=O)c1ccc2c(c1)N(CC(=O)N1CCCC1)C(=O)CO2. The number of anilines is 1. The minimum atomic E-state index is -0.503. The number of ether oxygens (including phenoxy) is 2. The van der Waals surface area contributed by atoms with Gasteiger partial charge in [0.2, 0.25) is 5.91 Å². The van der Waals surface area contributed by atoms with E-state index in [0.717, 1.165) is 25.9 Å². The Balaban J connectivity index is 1.87. The zero-order valence-corrected chi connectivity index (χ0v) is 12.9. The molecule has 2 aliphatic rings. The number of rotatable bonds is 3. The normalized spacial score (nSPS) is 16.8. The highest BCUT2D eigenvalue weighted by molar-refractivity contribution is 6.03. The third-order valence-corrected chi connectivity index (χ3v) is 4.08. The van der Waals surface area contributed by atoms with Crippen molar-refractivity contribution in [3.63, 3.8) is 0 Å². The van der Waals surface area contributed by atoms with Crippen molar-refractivity contribution in [2.75, 3.05) is 38.3 Å². The van der Waals surface area contributed by atoms with Gasteiger partial charge in [0.05, 0.1) is 18.4 Å². The Morgan fingerprint density at radius 2 is 2.00 bits per heavy atom. The van der Waals surface area contributed by atoms with Crippen molar-refractivity contribution in [1.29, 1.82) is 0 Å². The number of hydrogen-bond acceptors (Lipinski definition) is 5. The topological polar surface area (TPSA) is 76.2 Å². The Kier molecular flexibility index (Phi) is 4.18. The lowest BCUT2D eigenvalue weighted by atomic mass is 10.1. The minimum absolute atomic E-state index is 0.0418. The van der Waals surface area contributed by atoms with E-state index < -0.39 is 5.97 Å². The van der Waals surface area contributed by atoms with Gasteiger partial charge in [-0.15, -0.1) is 0 Å². The molecule has 1 saturated heterocycles. The van der Waals surface area contributed by atoms with Crippen LogP contribution in [-0.4, -0.2) is 56.0 Å². The molecule has 0 saturated carbocycles. The van der Waals surface area contributed by atoms with Gasteiger partial charge in [0.25, 0.3) is 5.91 Å². The summed E-state index contributed by atoms with van der Waals surface area (Å²) in [6.45, 7) is 1.30. The van der Waals surface area contributed by atoms with Gasteiger partial charge in [-0.2, -0.15) is 0 Å². The van der Waals surface area contributed by atoms with Crippen molar-refractivity contribution in [1.82, 2.24) is 4.90 Å². The largest absolute Gasteiger partial charge is 0.482 e. The van der Waals surface area contributed by atoms with Crippen molar-refractivity contribution < 1.29 is 23.9 Å². The molecule has 0 N–H and O–H groups in total. The summed E-state index contributed by atoms with van der Waals surface area (Å²) in [5.74, 6) is -0.414. The van der Waals surface area contributed by atoms with Crippen LogP contribution in [0.2, 0.25) is 0 Å². The number of esters is 1. The molecule has 2 amide bonds. The van der Waals surface area contributed by atoms with E-state index in [-0.39, 0.29) is 25.0 Å². The number of methoxy groups -OCH3 is 1. The molecule has 1 aromatic carbocycles.